The van der Waals surface area contributed by atoms with Gasteiger partial charge in [0, 0.05) is 23.7 Å². The van der Waals surface area contributed by atoms with E-state index >= 15 is 0 Å². The Balaban J connectivity index is 2.21. The Morgan fingerprint density at radius 2 is 1.88 bits per heavy atom. The summed E-state index contributed by atoms with van der Waals surface area (Å²) in [7, 11) is 3.05. The van der Waals surface area contributed by atoms with Crippen molar-refractivity contribution < 1.29 is 19.1 Å². The van der Waals surface area contributed by atoms with Crippen molar-refractivity contribution in [3.8, 4) is 11.5 Å². The highest BCUT2D eigenvalue weighted by molar-refractivity contribution is 6.31. The third-order valence-electron chi connectivity index (χ3n) is 3.89. The normalized spacial score (nSPS) is 10.2. The molecule has 0 aliphatic carbocycles. The van der Waals surface area contributed by atoms with Crippen molar-refractivity contribution in [2.45, 2.75) is 13.8 Å². The van der Waals surface area contributed by atoms with Crippen LogP contribution in [0.1, 0.15) is 12.5 Å². The number of rotatable bonds is 6. The molecule has 2 aromatic carbocycles. The molecule has 7 heteroatoms. The van der Waals surface area contributed by atoms with Gasteiger partial charge in [-0.1, -0.05) is 17.7 Å². The van der Waals surface area contributed by atoms with Gasteiger partial charge >= 0.3 is 0 Å². The van der Waals surface area contributed by atoms with E-state index in [0.717, 1.165) is 5.56 Å². The number of hydrogen-bond acceptors (Lipinski definition) is 4. The van der Waals surface area contributed by atoms with Gasteiger partial charge in [0.1, 0.15) is 18.0 Å². The smallest absolute Gasteiger partial charge is 0.244 e. The van der Waals surface area contributed by atoms with Crippen LogP contribution in [0, 0.1) is 6.92 Å². The summed E-state index contributed by atoms with van der Waals surface area (Å²) in [5, 5.41) is 3.29. The maximum Gasteiger partial charge on any atom is 0.244 e. The standard InChI is InChI=1S/C19H21ClN2O4/c1-12-15(20)6-5-7-17(12)22(13(2)23)11-19(24)21-16-9-8-14(25-3)10-18(16)26-4/h5-10H,11H2,1-4H3,(H,21,24). The molecule has 0 aliphatic heterocycles. The number of halogens is 1. The molecule has 26 heavy (non-hydrogen) atoms. The molecule has 6 nitrogen and oxygen atoms in total. The second kappa shape index (κ2) is 8.58. The topological polar surface area (TPSA) is 67.9 Å². The first kappa shape index (κ1) is 19.6. The van der Waals surface area contributed by atoms with Gasteiger partial charge in [0.05, 0.1) is 19.9 Å². The van der Waals surface area contributed by atoms with Crippen molar-refractivity contribution in [3.05, 3.63) is 47.0 Å². The lowest BCUT2D eigenvalue weighted by molar-refractivity contribution is -0.120. The number of ether oxygens (including phenoxy) is 2. The predicted molar refractivity (Wildman–Crippen MR) is 102 cm³/mol. The average molecular weight is 377 g/mol. The van der Waals surface area contributed by atoms with Crippen LogP contribution in [0.4, 0.5) is 11.4 Å². The van der Waals surface area contributed by atoms with Crippen LogP contribution < -0.4 is 19.7 Å². The van der Waals surface area contributed by atoms with Crippen LogP contribution in [0.25, 0.3) is 0 Å². The molecule has 2 rings (SSSR count). The first-order chi connectivity index (χ1) is 12.4. The third-order valence-corrected chi connectivity index (χ3v) is 4.30. The Morgan fingerprint density at radius 3 is 2.50 bits per heavy atom. The van der Waals surface area contributed by atoms with Crippen molar-refractivity contribution in [2.24, 2.45) is 0 Å². The van der Waals surface area contributed by atoms with Crippen LogP contribution in [0.5, 0.6) is 11.5 Å². The highest BCUT2D eigenvalue weighted by Crippen LogP contribution is 2.30. The number of amides is 2. The number of carbonyl (C=O) groups excluding carboxylic acids is 2. The molecule has 1 N–H and O–H groups in total. The fourth-order valence-corrected chi connectivity index (χ4v) is 2.66. The third kappa shape index (κ3) is 4.46. The number of nitrogens with one attached hydrogen (secondary N) is 1. The van der Waals surface area contributed by atoms with Crippen LogP contribution in [0.15, 0.2) is 36.4 Å². The highest BCUT2D eigenvalue weighted by atomic mass is 35.5. The number of hydrogen-bond donors (Lipinski definition) is 1. The fourth-order valence-electron chi connectivity index (χ4n) is 2.49. The van der Waals surface area contributed by atoms with E-state index in [9.17, 15) is 9.59 Å². The highest BCUT2D eigenvalue weighted by Gasteiger charge is 2.19. The van der Waals surface area contributed by atoms with Crippen LogP contribution in [-0.2, 0) is 9.59 Å². The maximum absolute atomic E-state index is 12.5. The van der Waals surface area contributed by atoms with Gasteiger partial charge < -0.3 is 19.7 Å². The second-order valence-electron chi connectivity index (χ2n) is 5.60. The zero-order valence-electron chi connectivity index (χ0n) is 15.1. The number of anilines is 2. The van der Waals surface area contributed by atoms with E-state index in [-0.39, 0.29) is 18.4 Å². The average Bonchev–Trinajstić information content (AvgIpc) is 2.62. The van der Waals surface area contributed by atoms with Crippen molar-refractivity contribution in [2.75, 3.05) is 31.0 Å². The number of carbonyl (C=O) groups is 2. The SMILES string of the molecule is COc1ccc(NC(=O)CN(C(C)=O)c2cccc(Cl)c2C)c(OC)c1. The second-order valence-corrected chi connectivity index (χ2v) is 6.01. The molecule has 0 atom stereocenters. The molecule has 0 unspecified atom stereocenters. The lowest BCUT2D eigenvalue weighted by atomic mass is 10.1. The summed E-state index contributed by atoms with van der Waals surface area (Å²) in [6.45, 7) is 3.06. The van der Waals surface area contributed by atoms with Crippen molar-refractivity contribution >= 4 is 34.8 Å². The number of benzene rings is 2. The summed E-state index contributed by atoms with van der Waals surface area (Å²) in [6, 6.07) is 10.3. The molecule has 0 spiro atoms. The molecular weight excluding hydrogens is 356 g/mol. The number of nitrogens with zero attached hydrogens (tertiary/aromatic N) is 1. The maximum atomic E-state index is 12.5. The first-order valence-corrected chi connectivity index (χ1v) is 8.30. The van der Waals surface area contributed by atoms with E-state index in [1.165, 1.54) is 18.9 Å². The Bertz CT molecular complexity index is 823. The van der Waals surface area contributed by atoms with Gasteiger partial charge in [-0.05, 0) is 36.8 Å². The molecule has 0 bridgehead atoms. The minimum atomic E-state index is -0.358. The molecule has 0 fully saturated rings. The Morgan fingerprint density at radius 1 is 1.15 bits per heavy atom. The zero-order chi connectivity index (χ0) is 19.3. The van der Waals surface area contributed by atoms with E-state index in [2.05, 4.69) is 5.32 Å². The molecule has 0 saturated carbocycles. The van der Waals surface area contributed by atoms with E-state index in [4.69, 9.17) is 21.1 Å². The molecule has 0 aromatic heterocycles. The van der Waals surface area contributed by atoms with Crippen molar-refractivity contribution in [3.63, 3.8) is 0 Å². The summed E-state index contributed by atoms with van der Waals surface area (Å²) in [5.74, 6) is 0.459. The Hall–Kier alpha value is -2.73. The number of methoxy groups -OCH3 is 2. The first-order valence-electron chi connectivity index (χ1n) is 7.92. The minimum absolute atomic E-state index is 0.147. The summed E-state index contributed by atoms with van der Waals surface area (Å²) < 4.78 is 10.4. The van der Waals surface area contributed by atoms with E-state index in [1.807, 2.05) is 0 Å². The molecular formula is C19H21ClN2O4. The molecule has 0 saturated heterocycles. The van der Waals surface area contributed by atoms with Gasteiger partial charge in [-0.15, -0.1) is 0 Å². The largest absolute Gasteiger partial charge is 0.497 e. The van der Waals surface area contributed by atoms with Gasteiger partial charge in [0.2, 0.25) is 11.8 Å². The molecule has 2 amide bonds. The minimum Gasteiger partial charge on any atom is -0.497 e. The van der Waals surface area contributed by atoms with Gasteiger partial charge in [0.25, 0.3) is 0 Å². The van der Waals surface area contributed by atoms with Gasteiger partial charge in [-0.25, -0.2) is 0 Å². The monoisotopic (exact) mass is 376 g/mol. The fraction of sp³-hybridized carbons (Fsp3) is 0.263. The zero-order valence-corrected chi connectivity index (χ0v) is 15.9. The van der Waals surface area contributed by atoms with E-state index < -0.39 is 0 Å². The van der Waals surface area contributed by atoms with Gasteiger partial charge in [-0.3, -0.25) is 9.59 Å². The lowest BCUT2D eigenvalue weighted by Crippen LogP contribution is -2.37. The quantitative estimate of drug-likeness (QED) is 0.835. The van der Waals surface area contributed by atoms with Gasteiger partial charge in [-0.2, -0.15) is 0 Å². The van der Waals surface area contributed by atoms with Crippen LogP contribution >= 0.6 is 11.6 Å². The molecule has 0 heterocycles. The Labute approximate surface area is 157 Å². The molecule has 2 aromatic rings. The Kier molecular flexibility index (Phi) is 6.46. The summed E-state index contributed by atoms with van der Waals surface area (Å²) in [5.41, 5.74) is 1.82. The lowest BCUT2D eigenvalue weighted by Gasteiger charge is -2.23. The van der Waals surface area contributed by atoms with Crippen LogP contribution in [0.3, 0.4) is 0 Å². The van der Waals surface area contributed by atoms with Crippen molar-refractivity contribution in [1.82, 2.24) is 0 Å². The molecule has 138 valence electrons. The predicted octanol–water partition coefficient (Wildman–Crippen LogP) is 3.66. The molecule has 0 radical (unpaired) electrons. The van der Waals surface area contributed by atoms with E-state index in [0.29, 0.717) is 27.9 Å². The van der Waals surface area contributed by atoms with E-state index in [1.54, 1.807) is 50.4 Å². The summed E-state index contributed by atoms with van der Waals surface area (Å²) in [4.78, 5) is 25.9. The summed E-state index contributed by atoms with van der Waals surface area (Å²) >= 11 is 6.13. The molecule has 0 aliphatic rings. The van der Waals surface area contributed by atoms with Crippen LogP contribution in [0.2, 0.25) is 5.02 Å². The van der Waals surface area contributed by atoms with Crippen molar-refractivity contribution in [1.29, 1.82) is 0 Å². The van der Waals surface area contributed by atoms with Crippen LogP contribution in [-0.4, -0.2) is 32.6 Å². The van der Waals surface area contributed by atoms with Gasteiger partial charge in [0.15, 0.2) is 0 Å². The summed E-state index contributed by atoms with van der Waals surface area (Å²) in [6.07, 6.45) is 0.